The lowest BCUT2D eigenvalue weighted by molar-refractivity contribution is -0.385. The Morgan fingerprint density at radius 2 is 1.04 bits per heavy atom. The highest BCUT2D eigenvalue weighted by molar-refractivity contribution is 6.31. The van der Waals surface area contributed by atoms with E-state index in [2.05, 4.69) is 45.5 Å². The molecule has 254 valence electrons. The van der Waals surface area contributed by atoms with E-state index in [-0.39, 0.29) is 28.1 Å². The molecule has 0 fully saturated rings. The molecular weight excluding hydrogens is 666 g/mol. The van der Waals surface area contributed by atoms with Crippen molar-refractivity contribution in [3.8, 4) is 28.8 Å². The molecule has 0 bridgehead atoms. The van der Waals surface area contributed by atoms with Crippen molar-refractivity contribution in [3.63, 3.8) is 0 Å². The SMILES string of the molecule is CCCOc1ncc(N)cc1-n1nccn1.CCCOc1ncc([N+](=O)[O-])cc1-n1nccn1.O=[N+]([O-])c1cnc(Cl)c(-n2nccn2)c1. The number of hydrogen-bond donors (Lipinski definition) is 1. The minimum atomic E-state index is -0.559. The summed E-state index contributed by atoms with van der Waals surface area (Å²) >= 11 is 5.76. The quantitative estimate of drug-likeness (QED) is 0.115. The lowest BCUT2D eigenvalue weighted by atomic mass is 10.3. The second-order valence-corrected chi connectivity index (χ2v) is 9.64. The van der Waals surface area contributed by atoms with Gasteiger partial charge in [0.1, 0.15) is 23.8 Å². The van der Waals surface area contributed by atoms with Gasteiger partial charge in [0.15, 0.2) is 10.8 Å². The molecule has 0 amide bonds. The molecule has 22 heteroatoms. The first-order valence-electron chi connectivity index (χ1n) is 14.3. The number of halogens is 1. The molecule has 0 radical (unpaired) electrons. The molecular formula is C27H28ClN15O6. The molecule has 6 heterocycles. The van der Waals surface area contributed by atoms with Gasteiger partial charge < -0.3 is 15.2 Å². The van der Waals surface area contributed by atoms with Crippen molar-refractivity contribution in [1.29, 1.82) is 0 Å². The van der Waals surface area contributed by atoms with Gasteiger partial charge in [-0.15, -0.1) is 14.4 Å². The molecule has 0 saturated carbocycles. The minimum Gasteiger partial charge on any atom is -0.476 e. The fourth-order valence-corrected chi connectivity index (χ4v) is 3.76. The summed E-state index contributed by atoms with van der Waals surface area (Å²) in [6, 6.07) is 4.32. The van der Waals surface area contributed by atoms with Crippen LogP contribution in [0.25, 0.3) is 17.1 Å². The van der Waals surface area contributed by atoms with E-state index >= 15 is 0 Å². The summed E-state index contributed by atoms with van der Waals surface area (Å²) in [7, 11) is 0. The van der Waals surface area contributed by atoms with Gasteiger partial charge in [-0.1, -0.05) is 25.4 Å². The Bertz CT molecular complexity index is 1940. The van der Waals surface area contributed by atoms with Crippen molar-refractivity contribution in [3.05, 3.63) is 99.4 Å². The highest BCUT2D eigenvalue weighted by Crippen LogP contribution is 2.24. The Kier molecular flexibility index (Phi) is 12.5. The van der Waals surface area contributed by atoms with Gasteiger partial charge in [0.25, 0.3) is 11.4 Å². The lowest BCUT2D eigenvalue weighted by Crippen LogP contribution is -2.07. The Balaban J connectivity index is 0.000000166. The summed E-state index contributed by atoms with van der Waals surface area (Å²) in [4.78, 5) is 35.7. The zero-order valence-corrected chi connectivity index (χ0v) is 26.7. The maximum atomic E-state index is 10.7. The molecule has 0 spiro atoms. The van der Waals surface area contributed by atoms with Crippen LogP contribution in [-0.4, -0.2) is 83.0 Å². The molecule has 0 aliphatic rings. The number of hydrogen-bond acceptors (Lipinski definition) is 16. The summed E-state index contributed by atoms with van der Waals surface area (Å²) in [5.74, 6) is 0.769. The summed E-state index contributed by atoms with van der Waals surface area (Å²) in [6.07, 6.45) is 14.5. The number of nitrogens with two attached hydrogens (primary N) is 1. The molecule has 6 aromatic rings. The number of aromatic nitrogens is 12. The third-order valence-electron chi connectivity index (χ3n) is 5.69. The first kappa shape index (κ1) is 35.2. The van der Waals surface area contributed by atoms with Crippen molar-refractivity contribution in [1.82, 2.24) is 59.9 Å². The van der Waals surface area contributed by atoms with Crippen molar-refractivity contribution in [2.75, 3.05) is 18.9 Å². The number of pyridine rings is 3. The third-order valence-corrected chi connectivity index (χ3v) is 5.98. The Morgan fingerprint density at radius 3 is 1.49 bits per heavy atom. The molecule has 0 aromatic carbocycles. The van der Waals surface area contributed by atoms with Crippen LogP contribution in [0.4, 0.5) is 17.1 Å². The van der Waals surface area contributed by atoms with E-state index in [1.54, 1.807) is 24.7 Å². The number of nitrogens with zero attached hydrogens (tertiary/aromatic N) is 14. The second-order valence-electron chi connectivity index (χ2n) is 9.28. The monoisotopic (exact) mass is 693 g/mol. The first-order valence-corrected chi connectivity index (χ1v) is 14.6. The van der Waals surface area contributed by atoms with Gasteiger partial charge in [0, 0.05) is 6.07 Å². The van der Waals surface area contributed by atoms with Crippen LogP contribution in [0.2, 0.25) is 5.15 Å². The predicted molar refractivity (Wildman–Crippen MR) is 172 cm³/mol. The summed E-state index contributed by atoms with van der Waals surface area (Å²) in [6.45, 7) is 5.06. The fourth-order valence-electron chi connectivity index (χ4n) is 3.58. The standard InChI is InChI=1S/C10H11N5O3.C10H13N5O.C7H4ClN5O2/c1-2-5-18-10-9(14-12-3-4-13-14)6-8(7-11-10)15(16)17;1-2-5-16-10-9(6-8(11)7-12-10)15-13-3-4-14-15;8-7-6(12-10-1-2-11-12)3-5(4-9-7)13(14)15/h3-4,6-7H,2,5H2,1H3;3-4,6-7H,2,5,11H2,1H3;1-4H. The minimum absolute atomic E-state index is 0.108. The average molecular weight is 694 g/mol. The van der Waals surface area contributed by atoms with Crippen molar-refractivity contribution < 1.29 is 19.3 Å². The van der Waals surface area contributed by atoms with Crippen LogP contribution >= 0.6 is 11.6 Å². The molecule has 0 atom stereocenters. The third kappa shape index (κ3) is 9.68. The van der Waals surface area contributed by atoms with Crippen LogP contribution in [0.5, 0.6) is 11.8 Å². The van der Waals surface area contributed by atoms with Crippen molar-refractivity contribution in [2.45, 2.75) is 26.7 Å². The lowest BCUT2D eigenvalue weighted by Gasteiger charge is -2.08. The van der Waals surface area contributed by atoms with Gasteiger partial charge >= 0.3 is 0 Å². The zero-order valence-electron chi connectivity index (χ0n) is 25.9. The molecule has 0 aliphatic heterocycles. The van der Waals surface area contributed by atoms with E-state index in [1.807, 2.05) is 13.8 Å². The summed E-state index contributed by atoms with van der Waals surface area (Å²) < 4.78 is 10.9. The van der Waals surface area contributed by atoms with E-state index in [1.165, 1.54) is 51.3 Å². The number of nitrogen functional groups attached to an aromatic ring is 1. The Morgan fingerprint density at radius 1 is 0.653 bits per heavy atom. The largest absolute Gasteiger partial charge is 0.476 e. The molecule has 21 nitrogen and oxygen atoms in total. The highest BCUT2D eigenvalue weighted by Gasteiger charge is 2.16. The van der Waals surface area contributed by atoms with Crippen molar-refractivity contribution >= 4 is 28.7 Å². The van der Waals surface area contributed by atoms with Crippen molar-refractivity contribution in [2.24, 2.45) is 0 Å². The molecule has 2 N–H and O–H groups in total. The summed E-state index contributed by atoms with van der Waals surface area (Å²) in [5.41, 5.74) is 7.21. The zero-order chi connectivity index (χ0) is 35.2. The van der Waals surface area contributed by atoms with E-state index in [9.17, 15) is 20.2 Å². The van der Waals surface area contributed by atoms with Gasteiger partial charge in [-0.25, -0.2) is 15.0 Å². The van der Waals surface area contributed by atoms with Gasteiger partial charge in [0.05, 0.1) is 78.2 Å². The van der Waals surface area contributed by atoms with E-state index in [0.29, 0.717) is 36.2 Å². The number of rotatable bonds is 11. The topological polar surface area (TPSA) is 262 Å². The van der Waals surface area contributed by atoms with E-state index < -0.39 is 9.85 Å². The smallest absolute Gasteiger partial charge is 0.290 e. The molecule has 6 aromatic heterocycles. The van der Waals surface area contributed by atoms with Gasteiger partial charge in [0.2, 0.25) is 11.8 Å². The van der Waals surface area contributed by atoms with Crippen LogP contribution in [-0.2, 0) is 0 Å². The van der Waals surface area contributed by atoms with Gasteiger partial charge in [-0.2, -0.15) is 30.6 Å². The van der Waals surface area contributed by atoms with Crippen LogP contribution in [0.3, 0.4) is 0 Å². The molecule has 0 unspecified atom stereocenters. The first-order chi connectivity index (χ1) is 23.7. The number of anilines is 1. The number of ether oxygens (including phenoxy) is 2. The van der Waals surface area contributed by atoms with Crippen LogP contribution < -0.4 is 15.2 Å². The average Bonchev–Trinajstić information content (AvgIpc) is 3.92. The maximum absolute atomic E-state index is 10.7. The Labute approximate surface area is 281 Å². The maximum Gasteiger partial charge on any atom is 0.290 e. The van der Waals surface area contributed by atoms with E-state index in [4.69, 9.17) is 26.8 Å². The normalized spacial score (nSPS) is 10.3. The van der Waals surface area contributed by atoms with Crippen LogP contribution in [0.15, 0.2) is 74.0 Å². The highest BCUT2D eigenvalue weighted by atomic mass is 35.5. The molecule has 0 saturated heterocycles. The van der Waals surface area contributed by atoms with E-state index in [0.717, 1.165) is 25.2 Å². The predicted octanol–water partition coefficient (Wildman–Crippen LogP) is 3.62. The van der Waals surface area contributed by atoms with Gasteiger partial charge in [-0.3, -0.25) is 20.2 Å². The Hall–Kier alpha value is -6.64. The fraction of sp³-hybridized carbons (Fsp3) is 0.222. The number of nitro groups is 2. The van der Waals surface area contributed by atoms with Crippen LogP contribution in [0, 0.1) is 20.2 Å². The van der Waals surface area contributed by atoms with Crippen LogP contribution in [0.1, 0.15) is 26.7 Å². The van der Waals surface area contributed by atoms with Gasteiger partial charge in [-0.05, 0) is 18.9 Å². The molecule has 49 heavy (non-hydrogen) atoms. The molecule has 0 aliphatic carbocycles. The second kappa shape index (κ2) is 17.3. The summed E-state index contributed by atoms with van der Waals surface area (Å²) in [5, 5.41) is 44.8. The molecule has 6 rings (SSSR count).